The molecule has 0 bridgehead atoms. The van der Waals surface area contributed by atoms with E-state index in [0.29, 0.717) is 31.9 Å². The fourth-order valence-corrected chi connectivity index (χ4v) is 3.15. The highest BCUT2D eigenvalue weighted by Gasteiger charge is 2.25. The van der Waals surface area contributed by atoms with Crippen LogP contribution in [-0.2, 0) is 11.2 Å². The number of carbonyl (C=O) groups is 2. The Balaban J connectivity index is 1.98. The van der Waals surface area contributed by atoms with Gasteiger partial charge in [-0.25, -0.2) is 4.79 Å². The molecule has 1 aliphatic heterocycles. The number of carbonyl (C=O) groups excluding carboxylic acids is 2. The average molecular weight is 363 g/mol. The van der Waals surface area contributed by atoms with Gasteiger partial charge in [-0.2, -0.15) is 0 Å². The summed E-state index contributed by atoms with van der Waals surface area (Å²) in [7, 11) is 3.21. The highest BCUT2D eigenvalue weighted by molar-refractivity contribution is 5.80. The van der Waals surface area contributed by atoms with Gasteiger partial charge in [-0.05, 0) is 26.8 Å². The Kier molecular flexibility index (Phi) is 6.71. The zero-order valence-electron chi connectivity index (χ0n) is 16.3. The average Bonchev–Trinajstić information content (AvgIpc) is 2.61. The minimum atomic E-state index is -0.0699. The Labute approximate surface area is 155 Å². The Bertz CT molecular complexity index is 652. The molecule has 0 saturated carbocycles. The largest absolute Gasteiger partial charge is 0.496 e. The standard InChI is InChI=1S/C19H29N3O4/c1-13(2)20-19(24)22-10-8-21(9-11-22)17(23)12-15-6-7-16(25-4)14(3)18(15)26-5/h6-7,13H,8-12H2,1-5H3,(H,20,24). The molecule has 1 fully saturated rings. The second kappa shape index (κ2) is 8.78. The lowest BCUT2D eigenvalue weighted by molar-refractivity contribution is -0.131. The molecule has 3 amide bonds. The lowest BCUT2D eigenvalue weighted by Gasteiger charge is -2.35. The number of benzene rings is 1. The van der Waals surface area contributed by atoms with Crippen molar-refractivity contribution < 1.29 is 19.1 Å². The van der Waals surface area contributed by atoms with Crippen molar-refractivity contribution >= 4 is 11.9 Å². The minimum Gasteiger partial charge on any atom is -0.496 e. The van der Waals surface area contributed by atoms with Crippen molar-refractivity contribution in [2.24, 2.45) is 0 Å². The number of ether oxygens (including phenoxy) is 2. The Hall–Kier alpha value is -2.44. The SMILES string of the molecule is COc1ccc(CC(=O)N2CCN(C(=O)NC(C)C)CC2)c(OC)c1C. The van der Waals surface area contributed by atoms with E-state index in [9.17, 15) is 9.59 Å². The summed E-state index contributed by atoms with van der Waals surface area (Å²) in [4.78, 5) is 28.3. The summed E-state index contributed by atoms with van der Waals surface area (Å²) in [6.07, 6.45) is 0.270. The van der Waals surface area contributed by atoms with E-state index >= 15 is 0 Å². The van der Waals surface area contributed by atoms with Gasteiger partial charge in [-0.3, -0.25) is 4.79 Å². The van der Waals surface area contributed by atoms with Crippen molar-refractivity contribution in [3.63, 3.8) is 0 Å². The van der Waals surface area contributed by atoms with Gasteiger partial charge in [-0.1, -0.05) is 6.07 Å². The first-order chi connectivity index (χ1) is 12.4. The summed E-state index contributed by atoms with van der Waals surface area (Å²) in [6, 6.07) is 3.76. The molecule has 0 atom stereocenters. The van der Waals surface area contributed by atoms with Gasteiger partial charge in [0.15, 0.2) is 0 Å². The molecule has 1 saturated heterocycles. The predicted molar refractivity (Wildman–Crippen MR) is 99.8 cm³/mol. The summed E-state index contributed by atoms with van der Waals surface area (Å²) < 4.78 is 10.8. The first-order valence-electron chi connectivity index (χ1n) is 8.91. The normalized spacial score (nSPS) is 14.4. The van der Waals surface area contributed by atoms with Crippen LogP contribution in [0.4, 0.5) is 4.79 Å². The topological polar surface area (TPSA) is 71.1 Å². The summed E-state index contributed by atoms with van der Waals surface area (Å²) in [5.74, 6) is 1.47. The maximum absolute atomic E-state index is 12.7. The third-order valence-electron chi connectivity index (χ3n) is 4.54. The first-order valence-corrected chi connectivity index (χ1v) is 8.91. The van der Waals surface area contributed by atoms with Crippen LogP contribution in [0, 0.1) is 6.92 Å². The lowest BCUT2D eigenvalue weighted by Crippen LogP contribution is -2.54. The fraction of sp³-hybridized carbons (Fsp3) is 0.579. The van der Waals surface area contributed by atoms with Crippen LogP contribution in [-0.4, -0.2) is 68.2 Å². The van der Waals surface area contributed by atoms with Gasteiger partial charge in [0.25, 0.3) is 0 Å². The quantitative estimate of drug-likeness (QED) is 0.866. The van der Waals surface area contributed by atoms with Crippen molar-refractivity contribution in [1.82, 2.24) is 15.1 Å². The molecule has 1 aromatic rings. The van der Waals surface area contributed by atoms with E-state index in [4.69, 9.17) is 9.47 Å². The van der Waals surface area contributed by atoms with Crippen LogP contribution in [0.15, 0.2) is 12.1 Å². The number of hydrogen-bond donors (Lipinski definition) is 1. The number of piperazine rings is 1. The molecule has 7 nitrogen and oxygen atoms in total. The van der Waals surface area contributed by atoms with Gasteiger partial charge < -0.3 is 24.6 Å². The number of nitrogens with one attached hydrogen (secondary N) is 1. The Morgan fingerprint density at radius 2 is 1.69 bits per heavy atom. The Morgan fingerprint density at radius 3 is 2.23 bits per heavy atom. The molecule has 7 heteroatoms. The van der Waals surface area contributed by atoms with E-state index in [-0.39, 0.29) is 24.4 Å². The second-order valence-corrected chi connectivity index (χ2v) is 6.73. The third kappa shape index (κ3) is 4.59. The van der Waals surface area contributed by atoms with E-state index < -0.39 is 0 Å². The van der Waals surface area contributed by atoms with Crippen LogP contribution in [0.25, 0.3) is 0 Å². The van der Waals surface area contributed by atoms with E-state index in [1.165, 1.54) is 0 Å². The molecular weight excluding hydrogens is 334 g/mol. The van der Waals surface area contributed by atoms with Crippen LogP contribution in [0.3, 0.4) is 0 Å². The molecule has 0 unspecified atom stereocenters. The molecule has 1 heterocycles. The molecule has 1 N–H and O–H groups in total. The number of rotatable bonds is 5. The monoisotopic (exact) mass is 363 g/mol. The van der Waals surface area contributed by atoms with Crippen molar-refractivity contribution in [3.8, 4) is 11.5 Å². The third-order valence-corrected chi connectivity index (χ3v) is 4.54. The summed E-state index contributed by atoms with van der Waals surface area (Å²) in [5, 5.41) is 2.88. The zero-order chi connectivity index (χ0) is 19.3. The molecule has 0 spiro atoms. The van der Waals surface area contributed by atoms with Crippen molar-refractivity contribution in [2.75, 3.05) is 40.4 Å². The molecule has 26 heavy (non-hydrogen) atoms. The summed E-state index contributed by atoms with van der Waals surface area (Å²) >= 11 is 0. The molecular formula is C19H29N3O4. The first kappa shape index (κ1) is 19.9. The number of urea groups is 1. The molecule has 1 aliphatic rings. The molecule has 2 rings (SSSR count). The van der Waals surface area contributed by atoms with Gasteiger partial charge in [0, 0.05) is 43.3 Å². The molecule has 144 valence electrons. The number of hydrogen-bond acceptors (Lipinski definition) is 4. The van der Waals surface area contributed by atoms with Crippen molar-refractivity contribution in [1.29, 1.82) is 0 Å². The van der Waals surface area contributed by atoms with Gasteiger partial charge in [0.1, 0.15) is 11.5 Å². The second-order valence-electron chi connectivity index (χ2n) is 6.73. The van der Waals surface area contributed by atoms with Gasteiger partial charge in [0.05, 0.1) is 20.6 Å². The van der Waals surface area contributed by atoms with E-state index in [1.54, 1.807) is 24.0 Å². The molecule has 0 aromatic heterocycles. The van der Waals surface area contributed by atoms with Gasteiger partial charge >= 0.3 is 6.03 Å². The maximum atomic E-state index is 12.7. The molecule has 0 radical (unpaired) electrons. The smallest absolute Gasteiger partial charge is 0.317 e. The van der Waals surface area contributed by atoms with Crippen LogP contribution >= 0.6 is 0 Å². The van der Waals surface area contributed by atoms with Crippen LogP contribution in [0.1, 0.15) is 25.0 Å². The Morgan fingerprint density at radius 1 is 1.08 bits per heavy atom. The van der Waals surface area contributed by atoms with Gasteiger partial charge in [0.2, 0.25) is 5.91 Å². The van der Waals surface area contributed by atoms with E-state index in [0.717, 1.165) is 16.9 Å². The predicted octanol–water partition coefficient (Wildman–Crippen LogP) is 1.82. The van der Waals surface area contributed by atoms with E-state index in [2.05, 4.69) is 5.32 Å². The number of amides is 3. The van der Waals surface area contributed by atoms with Crippen LogP contribution in [0.5, 0.6) is 11.5 Å². The van der Waals surface area contributed by atoms with Crippen LogP contribution < -0.4 is 14.8 Å². The van der Waals surface area contributed by atoms with Crippen molar-refractivity contribution in [2.45, 2.75) is 33.2 Å². The van der Waals surface area contributed by atoms with Crippen molar-refractivity contribution in [3.05, 3.63) is 23.3 Å². The molecule has 0 aliphatic carbocycles. The number of methoxy groups -OCH3 is 2. The van der Waals surface area contributed by atoms with Crippen LogP contribution in [0.2, 0.25) is 0 Å². The summed E-state index contributed by atoms with van der Waals surface area (Å²) in [6.45, 7) is 7.96. The molecule has 1 aromatic carbocycles. The highest BCUT2D eigenvalue weighted by atomic mass is 16.5. The fourth-order valence-electron chi connectivity index (χ4n) is 3.15. The highest BCUT2D eigenvalue weighted by Crippen LogP contribution is 2.31. The van der Waals surface area contributed by atoms with Gasteiger partial charge in [-0.15, -0.1) is 0 Å². The number of nitrogens with zero attached hydrogens (tertiary/aromatic N) is 2. The lowest BCUT2D eigenvalue weighted by atomic mass is 10.0. The zero-order valence-corrected chi connectivity index (χ0v) is 16.3. The minimum absolute atomic E-state index is 0.0387. The summed E-state index contributed by atoms with van der Waals surface area (Å²) in [5.41, 5.74) is 1.73. The maximum Gasteiger partial charge on any atom is 0.317 e. The van der Waals surface area contributed by atoms with E-state index in [1.807, 2.05) is 32.9 Å².